The Hall–Kier alpha value is -1.32. The predicted octanol–water partition coefficient (Wildman–Crippen LogP) is 3.33. The topological polar surface area (TPSA) is 29.3 Å². The van der Waals surface area contributed by atoms with Crippen LogP contribution >= 0.6 is 11.3 Å². The lowest BCUT2D eigenvalue weighted by molar-refractivity contribution is 0.725. The van der Waals surface area contributed by atoms with Crippen LogP contribution in [0.5, 0.6) is 0 Å². The summed E-state index contributed by atoms with van der Waals surface area (Å²) in [6, 6.07) is 10.8. The van der Waals surface area contributed by atoms with Gasteiger partial charge in [0.15, 0.2) is 0 Å². The van der Waals surface area contributed by atoms with Gasteiger partial charge in [0.05, 0.1) is 0 Å². The Morgan fingerprint density at radius 3 is 2.94 bits per heavy atom. The van der Waals surface area contributed by atoms with Gasteiger partial charge < -0.3 is 10.6 Å². The minimum absolute atomic E-state index is 0.0880. The third kappa shape index (κ3) is 2.04. The molecule has 2 N–H and O–H groups in total. The highest BCUT2D eigenvalue weighted by Gasteiger charge is 2.19. The fourth-order valence-corrected chi connectivity index (χ4v) is 3.50. The molecule has 2 aromatic rings. The number of nitrogens with two attached hydrogens (primary N) is 1. The largest absolute Gasteiger partial charge is 0.367 e. The Morgan fingerprint density at radius 1 is 1.28 bits per heavy atom. The van der Waals surface area contributed by atoms with Gasteiger partial charge in [-0.25, -0.2) is 0 Å². The normalized spacial score (nSPS) is 16.4. The molecule has 2 heterocycles. The van der Waals surface area contributed by atoms with Crippen molar-refractivity contribution in [2.75, 3.05) is 11.4 Å². The van der Waals surface area contributed by atoms with Crippen molar-refractivity contribution in [3.8, 4) is 0 Å². The molecule has 1 atom stereocenters. The van der Waals surface area contributed by atoms with Gasteiger partial charge in [0, 0.05) is 29.7 Å². The van der Waals surface area contributed by atoms with Crippen LogP contribution in [0.25, 0.3) is 0 Å². The fraction of sp³-hybridized carbons (Fsp3) is 0.333. The van der Waals surface area contributed by atoms with E-state index in [9.17, 15) is 0 Å². The molecule has 2 nitrogen and oxygen atoms in total. The molecular formula is C15H18N2S. The van der Waals surface area contributed by atoms with Crippen molar-refractivity contribution in [2.45, 2.75) is 25.9 Å². The maximum absolute atomic E-state index is 6.07. The highest BCUT2D eigenvalue weighted by molar-refractivity contribution is 7.10. The average Bonchev–Trinajstić information content (AvgIpc) is 2.85. The molecular weight excluding hydrogens is 240 g/mol. The number of anilines is 1. The highest BCUT2D eigenvalue weighted by atomic mass is 32.1. The first kappa shape index (κ1) is 11.8. The summed E-state index contributed by atoms with van der Waals surface area (Å²) in [4.78, 5) is 4.00. The first-order valence-corrected chi connectivity index (χ1v) is 7.28. The molecule has 0 amide bonds. The Kier molecular flexibility index (Phi) is 3.10. The molecule has 0 radical (unpaired) electrons. The third-order valence-corrected chi connectivity index (χ3v) is 4.60. The van der Waals surface area contributed by atoms with Gasteiger partial charge >= 0.3 is 0 Å². The second kappa shape index (κ2) is 4.75. The predicted molar refractivity (Wildman–Crippen MR) is 78.1 cm³/mol. The number of rotatable bonds is 2. The summed E-state index contributed by atoms with van der Waals surface area (Å²) in [6.07, 6.45) is 1.15. The first-order valence-electron chi connectivity index (χ1n) is 6.40. The van der Waals surface area contributed by atoms with Crippen molar-refractivity contribution in [1.82, 2.24) is 0 Å². The lowest BCUT2D eigenvalue weighted by Gasteiger charge is -2.31. The number of hydrogen-bond donors (Lipinski definition) is 1. The smallest absolute Gasteiger partial charge is 0.0440 e. The fourth-order valence-electron chi connectivity index (χ4n) is 2.61. The molecule has 3 rings (SSSR count). The van der Waals surface area contributed by atoms with Crippen molar-refractivity contribution in [3.63, 3.8) is 0 Å². The molecule has 1 aromatic carbocycles. The van der Waals surface area contributed by atoms with Gasteiger partial charge in [-0.15, -0.1) is 11.3 Å². The van der Waals surface area contributed by atoms with E-state index in [0.717, 1.165) is 19.5 Å². The monoisotopic (exact) mass is 258 g/mol. The highest BCUT2D eigenvalue weighted by Crippen LogP contribution is 2.31. The number of benzene rings is 1. The van der Waals surface area contributed by atoms with E-state index < -0.39 is 0 Å². The quantitative estimate of drug-likeness (QED) is 0.895. The van der Waals surface area contributed by atoms with E-state index in [0.29, 0.717) is 0 Å². The second-order valence-electron chi connectivity index (χ2n) is 4.89. The zero-order valence-corrected chi connectivity index (χ0v) is 11.4. The number of fused-ring (bicyclic) bond motifs is 1. The van der Waals surface area contributed by atoms with E-state index in [1.165, 1.54) is 16.8 Å². The molecule has 1 aromatic heterocycles. The maximum Gasteiger partial charge on any atom is 0.0440 e. The van der Waals surface area contributed by atoms with Gasteiger partial charge in [-0.2, -0.15) is 0 Å². The Morgan fingerprint density at radius 2 is 2.11 bits per heavy atom. The van der Waals surface area contributed by atoms with Gasteiger partial charge in [-0.1, -0.05) is 18.2 Å². The number of para-hydroxylation sites is 1. The van der Waals surface area contributed by atoms with Crippen molar-refractivity contribution in [1.29, 1.82) is 0 Å². The van der Waals surface area contributed by atoms with Gasteiger partial charge in [-0.05, 0) is 42.0 Å². The summed E-state index contributed by atoms with van der Waals surface area (Å²) in [5.41, 5.74) is 10.1. The van der Waals surface area contributed by atoms with Gasteiger partial charge in [0.25, 0.3) is 0 Å². The number of hydrogen-bond acceptors (Lipinski definition) is 3. The van der Waals surface area contributed by atoms with Crippen LogP contribution in [0, 0.1) is 0 Å². The van der Waals surface area contributed by atoms with Gasteiger partial charge in [-0.3, -0.25) is 0 Å². The average molecular weight is 258 g/mol. The van der Waals surface area contributed by atoms with Crippen LogP contribution in [0.1, 0.15) is 29.0 Å². The van der Waals surface area contributed by atoms with Crippen LogP contribution in [0.3, 0.4) is 0 Å². The van der Waals surface area contributed by atoms with Gasteiger partial charge in [0.2, 0.25) is 0 Å². The van der Waals surface area contributed by atoms with Gasteiger partial charge in [0.1, 0.15) is 0 Å². The third-order valence-electron chi connectivity index (χ3n) is 3.58. The van der Waals surface area contributed by atoms with Crippen LogP contribution in [-0.2, 0) is 13.0 Å². The van der Waals surface area contributed by atoms with E-state index in [1.807, 2.05) is 11.3 Å². The minimum atomic E-state index is 0.0880. The Labute approximate surface area is 112 Å². The van der Waals surface area contributed by atoms with Crippen LogP contribution in [0.4, 0.5) is 5.69 Å². The molecule has 94 valence electrons. The molecule has 0 saturated carbocycles. The van der Waals surface area contributed by atoms with E-state index >= 15 is 0 Å². The van der Waals surface area contributed by atoms with Crippen LogP contribution in [0.2, 0.25) is 0 Å². The minimum Gasteiger partial charge on any atom is -0.367 e. The summed E-state index contributed by atoms with van der Waals surface area (Å²) >= 11 is 1.88. The van der Waals surface area contributed by atoms with E-state index in [2.05, 4.69) is 47.5 Å². The Balaban J connectivity index is 1.93. The summed E-state index contributed by atoms with van der Waals surface area (Å²) in [5.74, 6) is 0. The summed E-state index contributed by atoms with van der Waals surface area (Å²) in [6.45, 7) is 4.17. The summed E-state index contributed by atoms with van der Waals surface area (Å²) < 4.78 is 0. The lowest BCUT2D eigenvalue weighted by atomic mass is 10.0. The molecule has 1 aliphatic rings. The molecule has 0 fully saturated rings. The number of nitrogens with zero attached hydrogens (tertiary/aromatic N) is 1. The van der Waals surface area contributed by atoms with Crippen LogP contribution in [-0.4, -0.2) is 6.54 Å². The lowest BCUT2D eigenvalue weighted by Crippen LogP contribution is -2.30. The van der Waals surface area contributed by atoms with E-state index in [4.69, 9.17) is 5.73 Å². The van der Waals surface area contributed by atoms with Crippen LogP contribution in [0.15, 0.2) is 35.7 Å². The summed E-state index contributed by atoms with van der Waals surface area (Å²) in [7, 11) is 0. The zero-order chi connectivity index (χ0) is 12.5. The number of thiophene rings is 1. The molecule has 1 aliphatic heterocycles. The van der Waals surface area contributed by atoms with Crippen molar-refractivity contribution < 1.29 is 0 Å². The maximum atomic E-state index is 6.07. The van der Waals surface area contributed by atoms with E-state index in [-0.39, 0.29) is 6.04 Å². The summed E-state index contributed by atoms with van der Waals surface area (Å²) in [5, 5.41) is 2.20. The Bertz CT molecular complexity index is 545. The zero-order valence-electron chi connectivity index (χ0n) is 10.6. The first-order chi connectivity index (χ1) is 8.75. The molecule has 0 aliphatic carbocycles. The van der Waals surface area contributed by atoms with Crippen LogP contribution < -0.4 is 10.6 Å². The second-order valence-corrected chi connectivity index (χ2v) is 5.89. The van der Waals surface area contributed by atoms with Crippen molar-refractivity contribution in [3.05, 3.63) is 51.7 Å². The SMILES string of the molecule is C[C@@H](N)c1ccccc1N1CCc2sccc2C1. The molecule has 0 unspecified atom stereocenters. The molecule has 0 saturated heterocycles. The van der Waals surface area contributed by atoms with E-state index in [1.54, 1.807) is 4.88 Å². The standard InChI is InChI=1S/C15H18N2S/c1-11(16)13-4-2-3-5-14(13)17-8-6-15-12(10-17)7-9-18-15/h2-5,7,9,11H,6,8,10,16H2,1H3/t11-/m1/s1. The molecule has 18 heavy (non-hydrogen) atoms. The molecule has 0 bridgehead atoms. The van der Waals surface area contributed by atoms with Crippen molar-refractivity contribution >= 4 is 17.0 Å². The van der Waals surface area contributed by atoms with Crippen molar-refractivity contribution in [2.24, 2.45) is 5.73 Å². The molecule has 0 spiro atoms. The molecule has 3 heteroatoms.